The van der Waals surface area contributed by atoms with Crippen LogP contribution < -0.4 is 0 Å². The molecule has 2 aromatic rings. The number of hydrogen-bond acceptors (Lipinski definition) is 2. The highest BCUT2D eigenvalue weighted by molar-refractivity contribution is 9.11. The highest BCUT2D eigenvalue weighted by Crippen LogP contribution is 2.31. The summed E-state index contributed by atoms with van der Waals surface area (Å²) >= 11 is 7.02. The normalized spacial score (nSPS) is 11.3. The van der Waals surface area contributed by atoms with Gasteiger partial charge in [0.15, 0.2) is 0 Å². The van der Waals surface area contributed by atoms with Crippen molar-refractivity contribution in [2.45, 2.75) is 6.92 Å². The first-order chi connectivity index (χ1) is 10.0. The maximum atomic E-state index is 11.3. The first kappa shape index (κ1) is 16.0. The van der Waals surface area contributed by atoms with Gasteiger partial charge in [-0.1, -0.05) is 62.2 Å². The Morgan fingerprint density at radius 1 is 1.10 bits per heavy atom. The van der Waals surface area contributed by atoms with E-state index < -0.39 is 0 Å². The van der Waals surface area contributed by atoms with Gasteiger partial charge in [0.25, 0.3) is 0 Å². The molecule has 0 heterocycles. The van der Waals surface area contributed by atoms with Crippen LogP contribution in [0.5, 0.6) is 0 Å². The number of halogens is 2. The predicted octanol–water partition coefficient (Wildman–Crippen LogP) is 5.45. The number of carbonyl (C=O) groups excluding carboxylic acids is 1. The zero-order valence-electron chi connectivity index (χ0n) is 11.7. The second kappa shape index (κ2) is 7.05. The van der Waals surface area contributed by atoms with Gasteiger partial charge in [-0.15, -0.1) is 0 Å². The molecule has 0 aromatic heterocycles. The number of ether oxygens (including phenoxy) is 1. The quantitative estimate of drug-likeness (QED) is 0.497. The van der Waals surface area contributed by atoms with Crippen molar-refractivity contribution >= 4 is 43.4 Å². The fraction of sp³-hybridized carbons (Fsp3) is 0.118. The lowest BCUT2D eigenvalue weighted by Gasteiger charge is -2.07. The molecule has 0 bridgehead atoms. The summed E-state index contributed by atoms with van der Waals surface area (Å²) < 4.78 is 6.70. The van der Waals surface area contributed by atoms with Crippen molar-refractivity contribution in [3.8, 4) is 11.1 Å². The molecule has 0 radical (unpaired) electrons. The summed E-state index contributed by atoms with van der Waals surface area (Å²) in [5.41, 5.74) is 4.11. The Bertz CT molecular complexity index is 688. The first-order valence-corrected chi connectivity index (χ1v) is 7.92. The smallest absolute Gasteiger partial charge is 0.330 e. The maximum Gasteiger partial charge on any atom is 0.330 e. The van der Waals surface area contributed by atoms with E-state index in [2.05, 4.69) is 42.7 Å². The molecule has 0 aliphatic carbocycles. The Kier molecular flexibility index (Phi) is 5.37. The van der Waals surface area contributed by atoms with Crippen LogP contribution in [0.2, 0.25) is 0 Å². The minimum Gasteiger partial charge on any atom is -0.466 e. The van der Waals surface area contributed by atoms with E-state index in [9.17, 15) is 4.79 Å². The lowest BCUT2D eigenvalue weighted by molar-refractivity contribution is -0.134. The van der Waals surface area contributed by atoms with Gasteiger partial charge in [0, 0.05) is 15.0 Å². The molecular weight excluding hydrogens is 396 g/mol. The van der Waals surface area contributed by atoms with Crippen LogP contribution in [0.3, 0.4) is 0 Å². The maximum absolute atomic E-state index is 11.3. The SMILES string of the molecule is COC(=O)/C=C(/C)c1ccc(-c2ccc(Br)cc2Br)cc1. The van der Waals surface area contributed by atoms with E-state index in [1.54, 1.807) is 0 Å². The number of methoxy groups -OCH3 is 1. The van der Waals surface area contributed by atoms with E-state index in [-0.39, 0.29) is 5.97 Å². The Morgan fingerprint density at radius 3 is 2.33 bits per heavy atom. The molecule has 0 atom stereocenters. The topological polar surface area (TPSA) is 26.3 Å². The summed E-state index contributed by atoms with van der Waals surface area (Å²) in [5.74, 6) is -0.341. The summed E-state index contributed by atoms with van der Waals surface area (Å²) in [6.45, 7) is 1.89. The fourth-order valence-corrected chi connectivity index (χ4v) is 3.23. The Labute approximate surface area is 141 Å². The van der Waals surface area contributed by atoms with Gasteiger partial charge in [-0.2, -0.15) is 0 Å². The molecule has 0 fully saturated rings. The summed E-state index contributed by atoms with van der Waals surface area (Å²) in [6, 6.07) is 14.2. The summed E-state index contributed by atoms with van der Waals surface area (Å²) in [7, 11) is 1.38. The molecule has 2 nitrogen and oxygen atoms in total. The zero-order chi connectivity index (χ0) is 15.4. The molecule has 0 saturated carbocycles. The predicted molar refractivity (Wildman–Crippen MR) is 92.9 cm³/mol. The number of hydrogen-bond donors (Lipinski definition) is 0. The van der Waals surface area contributed by atoms with Gasteiger partial charge in [-0.3, -0.25) is 0 Å². The highest BCUT2D eigenvalue weighted by atomic mass is 79.9. The van der Waals surface area contributed by atoms with Gasteiger partial charge in [-0.25, -0.2) is 4.79 Å². The van der Waals surface area contributed by atoms with Crippen molar-refractivity contribution in [3.63, 3.8) is 0 Å². The number of benzene rings is 2. The van der Waals surface area contributed by atoms with Crippen LogP contribution in [0.1, 0.15) is 12.5 Å². The number of allylic oxidation sites excluding steroid dienone is 1. The molecule has 0 saturated heterocycles. The van der Waals surface area contributed by atoms with Crippen molar-refractivity contribution in [1.29, 1.82) is 0 Å². The van der Waals surface area contributed by atoms with E-state index >= 15 is 0 Å². The zero-order valence-corrected chi connectivity index (χ0v) is 14.9. The van der Waals surface area contributed by atoms with Crippen molar-refractivity contribution in [2.24, 2.45) is 0 Å². The van der Waals surface area contributed by atoms with Crippen LogP contribution in [-0.2, 0) is 9.53 Å². The molecule has 0 spiro atoms. The van der Waals surface area contributed by atoms with E-state index in [1.807, 2.05) is 43.3 Å². The number of esters is 1. The third-order valence-electron chi connectivity index (χ3n) is 3.12. The monoisotopic (exact) mass is 408 g/mol. The average molecular weight is 410 g/mol. The van der Waals surface area contributed by atoms with Crippen molar-refractivity contribution in [3.05, 3.63) is 63.0 Å². The Hall–Kier alpha value is -1.39. The van der Waals surface area contributed by atoms with Crippen LogP contribution in [0.4, 0.5) is 0 Å². The summed E-state index contributed by atoms with van der Waals surface area (Å²) in [6.07, 6.45) is 1.49. The summed E-state index contributed by atoms with van der Waals surface area (Å²) in [4.78, 5) is 11.3. The van der Waals surface area contributed by atoms with Gasteiger partial charge in [-0.05, 0) is 41.3 Å². The van der Waals surface area contributed by atoms with Crippen molar-refractivity contribution in [2.75, 3.05) is 7.11 Å². The minimum atomic E-state index is -0.341. The lowest BCUT2D eigenvalue weighted by atomic mass is 10.0. The number of rotatable bonds is 3. The molecule has 4 heteroatoms. The second-order valence-corrected chi connectivity index (χ2v) is 6.32. The van der Waals surface area contributed by atoms with Gasteiger partial charge < -0.3 is 4.74 Å². The molecule has 0 unspecified atom stereocenters. The second-order valence-electron chi connectivity index (χ2n) is 4.55. The van der Waals surface area contributed by atoms with E-state index in [0.29, 0.717) is 0 Å². The van der Waals surface area contributed by atoms with Crippen LogP contribution in [0.25, 0.3) is 16.7 Å². The average Bonchev–Trinajstić information content (AvgIpc) is 2.47. The van der Waals surface area contributed by atoms with Gasteiger partial charge in [0.05, 0.1) is 7.11 Å². The van der Waals surface area contributed by atoms with Crippen LogP contribution in [0, 0.1) is 0 Å². The largest absolute Gasteiger partial charge is 0.466 e. The van der Waals surface area contributed by atoms with Gasteiger partial charge in [0.1, 0.15) is 0 Å². The molecule has 0 N–H and O–H groups in total. The third kappa shape index (κ3) is 4.05. The Morgan fingerprint density at radius 2 is 1.76 bits per heavy atom. The van der Waals surface area contributed by atoms with Crippen LogP contribution >= 0.6 is 31.9 Å². The molecular formula is C17H14Br2O2. The van der Waals surface area contributed by atoms with E-state index in [4.69, 9.17) is 0 Å². The van der Waals surface area contributed by atoms with Crippen molar-refractivity contribution in [1.82, 2.24) is 0 Å². The van der Waals surface area contributed by atoms with E-state index in [1.165, 1.54) is 13.2 Å². The molecule has 2 aromatic carbocycles. The molecule has 0 aliphatic heterocycles. The molecule has 108 valence electrons. The fourth-order valence-electron chi connectivity index (χ4n) is 1.96. The standard InChI is InChI=1S/C17H14Br2O2/c1-11(9-17(20)21-2)12-3-5-13(6-4-12)15-8-7-14(18)10-16(15)19/h3-10H,1-2H3/b11-9-. The molecule has 21 heavy (non-hydrogen) atoms. The van der Waals surface area contributed by atoms with Crippen LogP contribution in [-0.4, -0.2) is 13.1 Å². The van der Waals surface area contributed by atoms with E-state index in [0.717, 1.165) is 31.2 Å². The Balaban J connectivity index is 2.31. The molecule has 2 rings (SSSR count). The third-order valence-corrected chi connectivity index (χ3v) is 4.27. The van der Waals surface area contributed by atoms with Gasteiger partial charge >= 0.3 is 5.97 Å². The molecule has 0 aliphatic rings. The number of carbonyl (C=O) groups is 1. The first-order valence-electron chi connectivity index (χ1n) is 6.33. The summed E-state index contributed by atoms with van der Waals surface area (Å²) in [5, 5.41) is 0. The van der Waals surface area contributed by atoms with Gasteiger partial charge in [0.2, 0.25) is 0 Å². The highest BCUT2D eigenvalue weighted by Gasteiger charge is 2.05. The van der Waals surface area contributed by atoms with Crippen LogP contribution in [0.15, 0.2) is 57.5 Å². The molecule has 0 amide bonds. The lowest BCUT2D eigenvalue weighted by Crippen LogP contribution is -1.95. The van der Waals surface area contributed by atoms with Crippen molar-refractivity contribution < 1.29 is 9.53 Å². The minimum absolute atomic E-state index is 0.341.